The summed E-state index contributed by atoms with van der Waals surface area (Å²) in [7, 11) is 0. The average molecular weight is 384 g/mol. The summed E-state index contributed by atoms with van der Waals surface area (Å²) in [4.78, 5) is 35.4. The largest absolute Gasteiger partial charge is 0.481 e. The summed E-state index contributed by atoms with van der Waals surface area (Å²) in [6.45, 7) is 3.73. The topological polar surface area (TPSA) is 98.7 Å². The summed E-state index contributed by atoms with van der Waals surface area (Å²) in [5, 5.41) is 14.5. The predicted octanol–water partition coefficient (Wildman–Crippen LogP) is 3.28. The number of likely N-dealkylation sites (tertiary alicyclic amines) is 1. The monoisotopic (exact) mass is 383 g/mol. The molecule has 3 N–H and O–H groups in total. The van der Waals surface area contributed by atoms with Gasteiger partial charge < -0.3 is 20.6 Å². The molecule has 27 heavy (non-hydrogen) atoms. The highest BCUT2D eigenvalue weighted by Gasteiger charge is 2.21. The highest BCUT2D eigenvalue weighted by Crippen LogP contribution is 2.11. The molecule has 0 saturated carbocycles. The van der Waals surface area contributed by atoms with Gasteiger partial charge >= 0.3 is 12.0 Å². The molecule has 156 valence electrons. The SMILES string of the molecule is CC(=O)N1CCC(NC(=O)NCCCCCCCCCCCC(=O)O)CC1. The third kappa shape index (κ3) is 12.3. The van der Waals surface area contributed by atoms with Crippen LogP contribution in [0.3, 0.4) is 0 Å². The Labute approximate surface area is 163 Å². The van der Waals surface area contributed by atoms with Crippen molar-refractivity contribution >= 4 is 17.9 Å². The number of nitrogens with one attached hydrogen (secondary N) is 2. The molecule has 0 spiro atoms. The van der Waals surface area contributed by atoms with Crippen LogP contribution in [0.2, 0.25) is 0 Å². The van der Waals surface area contributed by atoms with E-state index in [9.17, 15) is 14.4 Å². The molecule has 1 saturated heterocycles. The molecule has 0 aromatic rings. The van der Waals surface area contributed by atoms with Gasteiger partial charge in [-0.25, -0.2) is 4.79 Å². The molecule has 0 aromatic carbocycles. The Kier molecular flexibility index (Phi) is 12.3. The second-order valence-electron chi connectivity index (χ2n) is 7.51. The van der Waals surface area contributed by atoms with Gasteiger partial charge in [0, 0.05) is 39.0 Å². The molecule has 7 nitrogen and oxygen atoms in total. The Balaban J connectivity index is 1.86. The number of unbranched alkanes of at least 4 members (excludes halogenated alkanes) is 8. The Morgan fingerprint density at radius 2 is 1.41 bits per heavy atom. The predicted molar refractivity (Wildman–Crippen MR) is 106 cm³/mol. The highest BCUT2D eigenvalue weighted by molar-refractivity contribution is 5.74. The normalized spacial score (nSPS) is 14.8. The van der Waals surface area contributed by atoms with E-state index in [2.05, 4.69) is 10.6 Å². The van der Waals surface area contributed by atoms with Crippen LogP contribution in [0, 0.1) is 0 Å². The number of carboxylic acids is 1. The minimum absolute atomic E-state index is 0.0994. The summed E-state index contributed by atoms with van der Waals surface area (Å²) >= 11 is 0. The lowest BCUT2D eigenvalue weighted by Gasteiger charge is -2.31. The first-order chi connectivity index (χ1) is 13.0. The van der Waals surface area contributed by atoms with Gasteiger partial charge in [-0.15, -0.1) is 0 Å². The number of piperidine rings is 1. The van der Waals surface area contributed by atoms with Crippen LogP contribution in [0.1, 0.15) is 84.0 Å². The van der Waals surface area contributed by atoms with Gasteiger partial charge in [-0.2, -0.15) is 0 Å². The van der Waals surface area contributed by atoms with E-state index < -0.39 is 5.97 Å². The Bertz CT molecular complexity index is 449. The number of urea groups is 1. The molecule has 0 atom stereocenters. The van der Waals surface area contributed by atoms with Crippen LogP contribution in [0.25, 0.3) is 0 Å². The van der Waals surface area contributed by atoms with E-state index in [0.29, 0.717) is 6.54 Å². The number of rotatable bonds is 13. The maximum atomic E-state index is 11.9. The first kappa shape index (κ1) is 23.2. The first-order valence-corrected chi connectivity index (χ1v) is 10.5. The zero-order valence-corrected chi connectivity index (χ0v) is 16.8. The molecular formula is C20H37N3O4. The zero-order valence-electron chi connectivity index (χ0n) is 16.8. The summed E-state index contributed by atoms with van der Waals surface area (Å²) in [6.07, 6.45) is 11.8. The zero-order chi connectivity index (χ0) is 19.9. The third-order valence-electron chi connectivity index (χ3n) is 5.13. The van der Waals surface area contributed by atoms with Gasteiger partial charge in [-0.3, -0.25) is 9.59 Å². The Hall–Kier alpha value is -1.79. The number of amides is 3. The van der Waals surface area contributed by atoms with Gasteiger partial charge in [-0.05, 0) is 25.7 Å². The molecule has 0 aliphatic carbocycles. The quantitative estimate of drug-likeness (QED) is 0.425. The molecule has 3 amide bonds. The van der Waals surface area contributed by atoms with Crippen molar-refractivity contribution in [2.45, 2.75) is 90.0 Å². The summed E-state index contributed by atoms with van der Waals surface area (Å²) < 4.78 is 0. The minimum atomic E-state index is -0.698. The van der Waals surface area contributed by atoms with E-state index in [1.165, 1.54) is 25.7 Å². The Morgan fingerprint density at radius 1 is 0.889 bits per heavy atom. The molecule has 1 aliphatic heterocycles. The number of hydrogen-bond donors (Lipinski definition) is 3. The fourth-order valence-corrected chi connectivity index (χ4v) is 3.42. The van der Waals surface area contributed by atoms with Crippen molar-refractivity contribution < 1.29 is 19.5 Å². The standard InChI is InChI=1S/C20H37N3O4/c1-17(24)23-15-12-18(13-16-23)22-20(27)21-14-10-8-6-4-2-3-5-7-9-11-19(25)26/h18H,2-16H2,1H3,(H,25,26)(H2,21,22,27). The molecule has 1 heterocycles. The molecule has 1 aliphatic rings. The lowest BCUT2D eigenvalue weighted by Crippen LogP contribution is -2.48. The summed E-state index contributed by atoms with van der Waals surface area (Å²) in [5.74, 6) is -0.591. The number of carbonyl (C=O) groups is 3. The van der Waals surface area contributed by atoms with Crippen molar-refractivity contribution in [1.82, 2.24) is 15.5 Å². The smallest absolute Gasteiger partial charge is 0.315 e. The van der Waals surface area contributed by atoms with E-state index >= 15 is 0 Å². The number of carbonyl (C=O) groups excluding carboxylic acids is 2. The lowest BCUT2D eigenvalue weighted by atomic mass is 10.1. The number of hydrogen-bond acceptors (Lipinski definition) is 3. The second kappa shape index (κ2) is 14.3. The number of carboxylic acid groups (broad SMARTS) is 1. The summed E-state index contributed by atoms with van der Waals surface area (Å²) in [5.41, 5.74) is 0. The fourth-order valence-electron chi connectivity index (χ4n) is 3.42. The van der Waals surface area contributed by atoms with Gasteiger partial charge in [0.1, 0.15) is 0 Å². The summed E-state index contributed by atoms with van der Waals surface area (Å²) in [6, 6.07) is 0.0636. The van der Waals surface area contributed by atoms with E-state index in [4.69, 9.17) is 5.11 Å². The van der Waals surface area contributed by atoms with Crippen LogP contribution in [0.5, 0.6) is 0 Å². The molecular weight excluding hydrogens is 346 g/mol. The van der Waals surface area contributed by atoms with Crippen molar-refractivity contribution in [3.8, 4) is 0 Å². The van der Waals surface area contributed by atoms with Gasteiger partial charge in [0.05, 0.1) is 0 Å². The van der Waals surface area contributed by atoms with Gasteiger partial charge in [0.15, 0.2) is 0 Å². The van der Waals surface area contributed by atoms with Crippen LogP contribution < -0.4 is 10.6 Å². The van der Waals surface area contributed by atoms with Crippen molar-refractivity contribution in [3.05, 3.63) is 0 Å². The van der Waals surface area contributed by atoms with E-state index in [0.717, 1.165) is 58.0 Å². The van der Waals surface area contributed by atoms with E-state index in [1.54, 1.807) is 6.92 Å². The van der Waals surface area contributed by atoms with Crippen molar-refractivity contribution in [1.29, 1.82) is 0 Å². The van der Waals surface area contributed by atoms with Crippen LogP contribution in [-0.2, 0) is 9.59 Å². The molecule has 0 radical (unpaired) electrons. The molecule has 0 bridgehead atoms. The van der Waals surface area contributed by atoms with Crippen molar-refractivity contribution in [2.75, 3.05) is 19.6 Å². The van der Waals surface area contributed by atoms with Crippen LogP contribution >= 0.6 is 0 Å². The first-order valence-electron chi connectivity index (χ1n) is 10.5. The highest BCUT2D eigenvalue weighted by atomic mass is 16.4. The minimum Gasteiger partial charge on any atom is -0.481 e. The van der Waals surface area contributed by atoms with Gasteiger partial charge in [0.2, 0.25) is 5.91 Å². The number of aliphatic carboxylic acids is 1. The van der Waals surface area contributed by atoms with E-state index in [-0.39, 0.29) is 24.4 Å². The maximum Gasteiger partial charge on any atom is 0.315 e. The lowest BCUT2D eigenvalue weighted by molar-refractivity contribution is -0.137. The van der Waals surface area contributed by atoms with E-state index in [1.807, 2.05) is 4.90 Å². The third-order valence-corrected chi connectivity index (χ3v) is 5.13. The van der Waals surface area contributed by atoms with Crippen molar-refractivity contribution in [2.24, 2.45) is 0 Å². The average Bonchev–Trinajstić information content (AvgIpc) is 2.62. The Morgan fingerprint density at radius 3 is 1.93 bits per heavy atom. The van der Waals surface area contributed by atoms with Crippen LogP contribution in [0.15, 0.2) is 0 Å². The number of nitrogens with zero attached hydrogens (tertiary/aromatic N) is 1. The molecule has 0 aromatic heterocycles. The molecule has 1 rings (SSSR count). The van der Waals surface area contributed by atoms with Crippen LogP contribution in [0.4, 0.5) is 4.79 Å². The van der Waals surface area contributed by atoms with Gasteiger partial charge in [-0.1, -0.05) is 44.9 Å². The second-order valence-corrected chi connectivity index (χ2v) is 7.51. The maximum absolute atomic E-state index is 11.9. The van der Waals surface area contributed by atoms with Crippen LogP contribution in [-0.4, -0.2) is 53.6 Å². The van der Waals surface area contributed by atoms with Crippen molar-refractivity contribution in [3.63, 3.8) is 0 Å². The molecule has 1 fully saturated rings. The fraction of sp³-hybridized carbons (Fsp3) is 0.850. The molecule has 0 unspecified atom stereocenters. The molecule has 7 heteroatoms. The van der Waals surface area contributed by atoms with Gasteiger partial charge in [0.25, 0.3) is 0 Å².